The first-order valence-electron chi connectivity index (χ1n) is 8.10. The molecule has 1 aromatic carbocycles. The van der Waals surface area contributed by atoms with Crippen LogP contribution in [-0.4, -0.2) is 25.8 Å². The van der Waals surface area contributed by atoms with Gasteiger partial charge in [-0.15, -0.1) is 0 Å². The van der Waals surface area contributed by atoms with Gasteiger partial charge in [-0.05, 0) is 44.9 Å². The van der Waals surface area contributed by atoms with E-state index in [9.17, 15) is 4.79 Å². The number of carbonyl (C=O) groups excluding carboxylic acids is 1. The van der Waals surface area contributed by atoms with Gasteiger partial charge in [0.25, 0.3) is 5.91 Å². The molecule has 0 aliphatic rings. The van der Waals surface area contributed by atoms with Crippen molar-refractivity contribution in [2.24, 2.45) is 0 Å². The molecule has 0 bridgehead atoms. The van der Waals surface area contributed by atoms with Crippen molar-refractivity contribution < 1.29 is 9.32 Å². The van der Waals surface area contributed by atoms with Gasteiger partial charge in [0.1, 0.15) is 5.82 Å². The van der Waals surface area contributed by atoms with Crippen LogP contribution in [0.1, 0.15) is 33.1 Å². The Balaban J connectivity index is 1.74. The maximum atomic E-state index is 12.4. The molecule has 1 N–H and O–H groups in total. The molecule has 0 saturated carbocycles. The standard InChI is InChI=1S/C18H17N5O2S/c1-9-5-10(2)16-14(6-9)26-18(20-16)23-15(8-11(3)21-23)19-17(24)13-7-12(4)22-25-13/h5-8H,1-4H3,(H,19,24). The van der Waals surface area contributed by atoms with E-state index in [4.69, 9.17) is 9.51 Å². The lowest BCUT2D eigenvalue weighted by atomic mass is 10.1. The van der Waals surface area contributed by atoms with Crippen LogP contribution in [0.3, 0.4) is 0 Å². The Morgan fingerprint density at radius 2 is 1.92 bits per heavy atom. The first-order chi connectivity index (χ1) is 12.4. The molecule has 26 heavy (non-hydrogen) atoms. The Labute approximate surface area is 153 Å². The Kier molecular flexibility index (Phi) is 3.84. The molecule has 0 aliphatic heterocycles. The fourth-order valence-corrected chi connectivity index (χ4v) is 3.94. The van der Waals surface area contributed by atoms with Crippen LogP contribution in [0.15, 0.2) is 28.8 Å². The second-order valence-corrected chi connectivity index (χ2v) is 7.30. The van der Waals surface area contributed by atoms with E-state index in [0.717, 1.165) is 21.5 Å². The average Bonchev–Trinajstić information content (AvgIpc) is 3.25. The fraction of sp³-hybridized carbons (Fsp3) is 0.222. The molecule has 3 aromatic heterocycles. The molecule has 4 aromatic rings. The summed E-state index contributed by atoms with van der Waals surface area (Å²) in [6, 6.07) is 7.60. The number of rotatable bonds is 3. The first-order valence-corrected chi connectivity index (χ1v) is 8.92. The van der Waals surface area contributed by atoms with E-state index in [1.165, 1.54) is 16.9 Å². The van der Waals surface area contributed by atoms with Crippen molar-refractivity contribution in [2.75, 3.05) is 5.32 Å². The van der Waals surface area contributed by atoms with Gasteiger partial charge in [0.2, 0.25) is 10.9 Å². The third-order valence-corrected chi connectivity index (χ3v) is 4.90. The monoisotopic (exact) mass is 367 g/mol. The molecule has 0 radical (unpaired) electrons. The minimum absolute atomic E-state index is 0.156. The quantitative estimate of drug-likeness (QED) is 0.592. The van der Waals surface area contributed by atoms with Crippen LogP contribution in [0.4, 0.5) is 5.82 Å². The number of nitrogens with one attached hydrogen (secondary N) is 1. The van der Waals surface area contributed by atoms with Crippen molar-refractivity contribution in [3.8, 4) is 5.13 Å². The van der Waals surface area contributed by atoms with Crippen molar-refractivity contribution in [1.82, 2.24) is 19.9 Å². The summed E-state index contributed by atoms with van der Waals surface area (Å²) < 4.78 is 7.76. The third-order valence-electron chi connectivity index (χ3n) is 3.92. The third kappa shape index (κ3) is 2.88. The van der Waals surface area contributed by atoms with Gasteiger partial charge in [-0.25, -0.2) is 4.98 Å². The highest BCUT2D eigenvalue weighted by atomic mass is 32.1. The van der Waals surface area contributed by atoms with Crippen molar-refractivity contribution in [2.45, 2.75) is 27.7 Å². The SMILES string of the molecule is Cc1cc(C)c2nc(-n3nc(C)cc3NC(=O)c3cc(C)no3)sc2c1. The van der Waals surface area contributed by atoms with Crippen molar-refractivity contribution >= 4 is 33.3 Å². The largest absolute Gasteiger partial charge is 0.351 e. The molecular weight excluding hydrogens is 350 g/mol. The number of benzene rings is 1. The highest BCUT2D eigenvalue weighted by molar-refractivity contribution is 7.20. The zero-order chi connectivity index (χ0) is 18.4. The van der Waals surface area contributed by atoms with E-state index < -0.39 is 0 Å². The predicted octanol–water partition coefficient (Wildman–Crippen LogP) is 3.96. The molecule has 0 atom stereocenters. The molecule has 0 aliphatic carbocycles. The minimum atomic E-state index is -0.375. The van der Waals surface area contributed by atoms with Crippen LogP contribution in [0.25, 0.3) is 15.3 Å². The average molecular weight is 367 g/mol. The zero-order valence-electron chi connectivity index (χ0n) is 14.8. The van der Waals surface area contributed by atoms with Gasteiger partial charge in [-0.1, -0.05) is 22.6 Å². The summed E-state index contributed by atoms with van der Waals surface area (Å²) in [6.07, 6.45) is 0. The Morgan fingerprint density at radius 1 is 1.12 bits per heavy atom. The van der Waals surface area contributed by atoms with Crippen LogP contribution in [0, 0.1) is 27.7 Å². The van der Waals surface area contributed by atoms with Crippen LogP contribution in [0.5, 0.6) is 0 Å². The number of hydrogen-bond acceptors (Lipinski definition) is 6. The van der Waals surface area contributed by atoms with Gasteiger partial charge in [-0.2, -0.15) is 9.78 Å². The highest BCUT2D eigenvalue weighted by Gasteiger charge is 2.18. The summed E-state index contributed by atoms with van der Waals surface area (Å²) in [7, 11) is 0. The predicted molar refractivity (Wildman–Crippen MR) is 100 cm³/mol. The van der Waals surface area contributed by atoms with Gasteiger partial charge in [0.05, 0.1) is 21.6 Å². The molecule has 132 valence electrons. The summed E-state index contributed by atoms with van der Waals surface area (Å²) in [5, 5.41) is 11.8. The van der Waals surface area contributed by atoms with Gasteiger partial charge < -0.3 is 9.84 Å². The van der Waals surface area contributed by atoms with E-state index in [1.807, 2.05) is 13.8 Å². The van der Waals surface area contributed by atoms with Gasteiger partial charge in [0, 0.05) is 12.1 Å². The van der Waals surface area contributed by atoms with E-state index in [1.54, 1.807) is 23.7 Å². The number of hydrogen-bond donors (Lipinski definition) is 1. The lowest BCUT2D eigenvalue weighted by Gasteiger charge is -2.04. The van der Waals surface area contributed by atoms with Crippen LogP contribution < -0.4 is 5.32 Å². The summed E-state index contributed by atoms with van der Waals surface area (Å²) in [5.74, 6) is 0.318. The van der Waals surface area contributed by atoms with E-state index in [0.29, 0.717) is 16.6 Å². The topological polar surface area (TPSA) is 85.8 Å². The summed E-state index contributed by atoms with van der Waals surface area (Å²) in [6.45, 7) is 7.74. The van der Waals surface area contributed by atoms with Crippen molar-refractivity contribution in [3.63, 3.8) is 0 Å². The molecule has 3 heterocycles. The van der Waals surface area contributed by atoms with E-state index in [2.05, 4.69) is 34.6 Å². The zero-order valence-corrected chi connectivity index (χ0v) is 15.6. The molecular formula is C18H17N5O2S. The number of aryl methyl sites for hydroxylation is 4. The molecule has 0 saturated heterocycles. The minimum Gasteiger partial charge on any atom is -0.351 e. The Hall–Kier alpha value is -3.00. The number of fused-ring (bicyclic) bond motifs is 1. The number of amides is 1. The Bertz CT molecular complexity index is 1140. The molecule has 0 unspecified atom stereocenters. The number of nitrogens with zero attached hydrogens (tertiary/aromatic N) is 4. The number of anilines is 1. The number of aromatic nitrogens is 4. The molecule has 1 amide bonds. The molecule has 4 rings (SSSR count). The molecule has 0 fully saturated rings. The van der Waals surface area contributed by atoms with E-state index in [-0.39, 0.29) is 11.7 Å². The fourth-order valence-electron chi connectivity index (χ4n) is 2.83. The number of thiazole rings is 1. The summed E-state index contributed by atoms with van der Waals surface area (Å²) in [4.78, 5) is 17.1. The highest BCUT2D eigenvalue weighted by Crippen LogP contribution is 2.30. The van der Waals surface area contributed by atoms with Crippen molar-refractivity contribution in [3.05, 3.63) is 52.5 Å². The van der Waals surface area contributed by atoms with E-state index >= 15 is 0 Å². The second-order valence-electron chi connectivity index (χ2n) is 6.29. The molecule has 8 heteroatoms. The van der Waals surface area contributed by atoms with Crippen LogP contribution in [-0.2, 0) is 0 Å². The maximum Gasteiger partial charge on any atom is 0.295 e. The van der Waals surface area contributed by atoms with Crippen molar-refractivity contribution in [1.29, 1.82) is 0 Å². The molecule has 7 nitrogen and oxygen atoms in total. The number of carbonyl (C=O) groups is 1. The lowest BCUT2D eigenvalue weighted by molar-refractivity contribution is 0.0987. The molecule has 0 spiro atoms. The second kappa shape index (κ2) is 6.06. The summed E-state index contributed by atoms with van der Waals surface area (Å²) >= 11 is 1.54. The van der Waals surface area contributed by atoms with Gasteiger partial charge >= 0.3 is 0 Å². The van der Waals surface area contributed by atoms with Gasteiger partial charge in [-0.3, -0.25) is 4.79 Å². The smallest absolute Gasteiger partial charge is 0.295 e. The first kappa shape index (κ1) is 16.5. The Morgan fingerprint density at radius 3 is 2.65 bits per heavy atom. The summed E-state index contributed by atoms with van der Waals surface area (Å²) in [5.41, 5.74) is 4.69. The lowest BCUT2D eigenvalue weighted by Crippen LogP contribution is -2.14. The normalized spacial score (nSPS) is 11.2. The van der Waals surface area contributed by atoms with Crippen LogP contribution >= 0.6 is 11.3 Å². The maximum absolute atomic E-state index is 12.4. The van der Waals surface area contributed by atoms with Crippen LogP contribution in [0.2, 0.25) is 0 Å². The van der Waals surface area contributed by atoms with Gasteiger partial charge in [0.15, 0.2) is 0 Å².